The summed E-state index contributed by atoms with van der Waals surface area (Å²) in [6.07, 6.45) is 0. The molecule has 1 nitrogen and oxygen atoms in total. The van der Waals surface area contributed by atoms with Gasteiger partial charge in [-0.25, -0.2) is 8.78 Å². The minimum atomic E-state index is -0.788. The van der Waals surface area contributed by atoms with E-state index in [1.54, 1.807) is 0 Å². The monoisotopic (exact) mass is 252 g/mol. The van der Waals surface area contributed by atoms with Crippen LogP contribution in [0.4, 0.5) is 8.78 Å². The number of hydrogen-bond donors (Lipinski definition) is 0. The fourth-order valence-electron chi connectivity index (χ4n) is 1.46. The van der Waals surface area contributed by atoms with Gasteiger partial charge in [0.25, 0.3) is 0 Å². The highest BCUT2D eigenvalue weighted by Crippen LogP contribution is 2.20. The van der Waals surface area contributed by atoms with E-state index in [1.807, 2.05) is 0 Å². The molecule has 0 unspecified atom stereocenters. The molecule has 4 heteroatoms. The number of halogens is 3. The summed E-state index contributed by atoms with van der Waals surface area (Å²) in [5.41, 5.74) is -0.0748. The third-order valence-electron chi connectivity index (χ3n) is 2.28. The van der Waals surface area contributed by atoms with Gasteiger partial charge in [-0.2, -0.15) is 0 Å². The van der Waals surface area contributed by atoms with Crippen molar-refractivity contribution in [1.82, 2.24) is 0 Å². The van der Waals surface area contributed by atoms with E-state index < -0.39 is 17.4 Å². The van der Waals surface area contributed by atoms with Crippen LogP contribution in [-0.2, 0) is 0 Å². The number of ketones is 1. The van der Waals surface area contributed by atoms with Crippen molar-refractivity contribution < 1.29 is 13.6 Å². The van der Waals surface area contributed by atoms with Crippen LogP contribution in [0, 0.1) is 11.6 Å². The molecule has 2 aromatic carbocycles. The van der Waals surface area contributed by atoms with Crippen LogP contribution in [0.15, 0.2) is 42.5 Å². The van der Waals surface area contributed by atoms with Gasteiger partial charge in [0.05, 0.1) is 10.6 Å². The van der Waals surface area contributed by atoms with E-state index in [-0.39, 0.29) is 16.1 Å². The Morgan fingerprint density at radius 1 is 1.06 bits per heavy atom. The van der Waals surface area contributed by atoms with E-state index in [0.29, 0.717) is 0 Å². The molecular weight excluding hydrogens is 246 g/mol. The molecule has 2 rings (SSSR count). The lowest BCUT2D eigenvalue weighted by atomic mass is 10.0. The van der Waals surface area contributed by atoms with Gasteiger partial charge in [-0.3, -0.25) is 4.79 Å². The lowest BCUT2D eigenvalue weighted by Crippen LogP contribution is -2.04. The molecule has 2 aromatic rings. The van der Waals surface area contributed by atoms with Gasteiger partial charge < -0.3 is 0 Å². The molecule has 0 N–H and O–H groups in total. The maximum Gasteiger partial charge on any atom is 0.196 e. The van der Waals surface area contributed by atoms with E-state index in [4.69, 9.17) is 11.6 Å². The van der Waals surface area contributed by atoms with Gasteiger partial charge in [-0.05, 0) is 24.3 Å². The molecule has 0 radical (unpaired) electrons. The first-order valence-electron chi connectivity index (χ1n) is 4.84. The van der Waals surface area contributed by atoms with Crippen LogP contribution in [0.2, 0.25) is 5.02 Å². The maximum atomic E-state index is 13.6. The highest BCUT2D eigenvalue weighted by molar-refractivity contribution is 6.31. The van der Waals surface area contributed by atoms with Crippen LogP contribution < -0.4 is 0 Å². The Morgan fingerprint density at radius 2 is 1.76 bits per heavy atom. The van der Waals surface area contributed by atoms with E-state index in [0.717, 1.165) is 6.07 Å². The summed E-state index contributed by atoms with van der Waals surface area (Å²) in [7, 11) is 0. The number of carbonyl (C=O) groups excluding carboxylic acids is 1. The predicted octanol–water partition coefficient (Wildman–Crippen LogP) is 3.85. The van der Waals surface area contributed by atoms with Gasteiger partial charge >= 0.3 is 0 Å². The second-order valence-electron chi connectivity index (χ2n) is 3.44. The quantitative estimate of drug-likeness (QED) is 0.742. The Bertz CT molecular complexity index is 581. The van der Waals surface area contributed by atoms with Crippen LogP contribution in [-0.4, -0.2) is 5.78 Å². The molecule has 0 saturated heterocycles. The van der Waals surface area contributed by atoms with E-state index in [9.17, 15) is 13.6 Å². The number of hydrogen-bond acceptors (Lipinski definition) is 1. The number of rotatable bonds is 2. The first-order chi connectivity index (χ1) is 8.09. The molecule has 0 spiro atoms. The fourth-order valence-corrected chi connectivity index (χ4v) is 1.64. The van der Waals surface area contributed by atoms with E-state index >= 15 is 0 Å². The van der Waals surface area contributed by atoms with Gasteiger partial charge in [-0.1, -0.05) is 29.8 Å². The van der Waals surface area contributed by atoms with Crippen molar-refractivity contribution >= 4 is 17.4 Å². The molecule has 0 aliphatic rings. The van der Waals surface area contributed by atoms with Crippen molar-refractivity contribution in [2.75, 3.05) is 0 Å². The van der Waals surface area contributed by atoms with Crippen LogP contribution in [0.3, 0.4) is 0 Å². The molecule has 17 heavy (non-hydrogen) atoms. The second kappa shape index (κ2) is 4.63. The topological polar surface area (TPSA) is 17.1 Å². The largest absolute Gasteiger partial charge is 0.288 e. The van der Waals surface area contributed by atoms with E-state index in [2.05, 4.69) is 0 Å². The highest BCUT2D eigenvalue weighted by atomic mass is 35.5. The number of benzene rings is 2. The van der Waals surface area contributed by atoms with Gasteiger partial charge in [0.2, 0.25) is 0 Å². The molecular formula is C13H7ClF2O. The molecule has 0 aliphatic heterocycles. The standard InChI is InChI=1S/C13H7ClF2O/c14-11-6-2-5-10(12(11)16)13(17)8-3-1-4-9(15)7-8/h1-7H. The Balaban J connectivity index is 2.48. The zero-order valence-electron chi connectivity index (χ0n) is 8.58. The van der Waals surface area contributed by atoms with E-state index in [1.165, 1.54) is 36.4 Å². The van der Waals surface area contributed by atoms with Crippen molar-refractivity contribution in [3.63, 3.8) is 0 Å². The summed E-state index contributed by atoms with van der Waals surface area (Å²) in [4.78, 5) is 11.9. The minimum absolute atomic E-state index is 0.0890. The third kappa shape index (κ3) is 2.34. The van der Waals surface area contributed by atoms with Gasteiger partial charge in [0.1, 0.15) is 5.82 Å². The number of carbonyl (C=O) groups is 1. The summed E-state index contributed by atoms with van der Waals surface area (Å²) in [5.74, 6) is -1.92. The first-order valence-corrected chi connectivity index (χ1v) is 5.21. The molecule has 0 aliphatic carbocycles. The Labute approximate surface area is 102 Å². The molecule has 0 fully saturated rings. The molecule has 0 bridgehead atoms. The van der Waals surface area contributed by atoms with Crippen LogP contribution in [0.25, 0.3) is 0 Å². The molecule has 0 aromatic heterocycles. The zero-order chi connectivity index (χ0) is 12.4. The molecule has 0 atom stereocenters. The van der Waals surface area contributed by atoms with Crippen molar-refractivity contribution in [3.05, 3.63) is 70.2 Å². The lowest BCUT2D eigenvalue weighted by molar-refractivity contribution is 0.103. The molecule has 86 valence electrons. The maximum absolute atomic E-state index is 13.6. The third-order valence-corrected chi connectivity index (χ3v) is 2.57. The van der Waals surface area contributed by atoms with Gasteiger partial charge in [-0.15, -0.1) is 0 Å². The van der Waals surface area contributed by atoms with Gasteiger partial charge in [0.15, 0.2) is 11.6 Å². The first kappa shape index (κ1) is 11.7. The van der Waals surface area contributed by atoms with Crippen LogP contribution in [0.5, 0.6) is 0 Å². The predicted molar refractivity (Wildman–Crippen MR) is 61.2 cm³/mol. The van der Waals surface area contributed by atoms with Gasteiger partial charge in [0, 0.05) is 5.56 Å². The molecule has 0 amide bonds. The average Bonchev–Trinajstić information content (AvgIpc) is 2.32. The molecule has 0 heterocycles. The SMILES string of the molecule is O=C(c1cccc(F)c1)c1cccc(Cl)c1F. The van der Waals surface area contributed by atoms with Crippen molar-refractivity contribution in [2.45, 2.75) is 0 Å². The summed E-state index contributed by atoms with van der Waals surface area (Å²) in [6, 6.07) is 9.22. The summed E-state index contributed by atoms with van der Waals surface area (Å²) < 4.78 is 26.5. The fraction of sp³-hybridized carbons (Fsp3) is 0. The van der Waals surface area contributed by atoms with Crippen molar-refractivity contribution in [1.29, 1.82) is 0 Å². The lowest BCUT2D eigenvalue weighted by Gasteiger charge is -2.03. The Kier molecular flexibility index (Phi) is 3.20. The Morgan fingerprint density at radius 3 is 2.47 bits per heavy atom. The Hall–Kier alpha value is -1.74. The summed E-state index contributed by atoms with van der Waals surface area (Å²) >= 11 is 5.58. The average molecular weight is 253 g/mol. The highest BCUT2D eigenvalue weighted by Gasteiger charge is 2.16. The second-order valence-corrected chi connectivity index (χ2v) is 3.85. The van der Waals surface area contributed by atoms with Crippen molar-refractivity contribution in [3.8, 4) is 0 Å². The molecule has 0 saturated carbocycles. The normalized spacial score (nSPS) is 10.3. The smallest absolute Gasteiger partial charge is 0.196 e. The van der Waals surface area contributed by atoms with Crippen LogP contribution in [0.1, 0.15) is 15.9 Å². The zero-order valence-corrected chi connectivity index (χ0v) is 9.34. The summed E-state index contributed by atoms with van der Waals surface area (Å²) in [6.45, 7) is 0. The summed E-state index contributed by atoms with van der Waals surface area (Å²) in [5, 5.41) is -0.132. The van der Waals surface area contributed by atoms with Crippen molar-refractivity contribution in [2.24, 2.45) is 0 Å². The van der Waals surface area contributed by atoms with Crippen LogP contribution >= 0.6 is 11.6 Å². The minimum Gasteiger partial charge on any atom is -0.288 e.